The Morgan fingerprint density at radius 1 is 1.00 bits per heavy atom. The topological polar surface area (TPSA) is 77.8 Å². The van der Waals surface area contributed by atoms with Crippen molar-refractivity contribution in [3.63, 3.8) is 0 Å². The minimum Gasteiger partial charge on any atom is -0.490 e. The molecule has 1 fully saturated rings. The zero-order chi connectivity index (χ0) is 20.8. The standard InChI is InChI=1S/C24H25NO5/c26-23(16-28-20-11-9-18-10-12-24(27)30-22(18)14-20)25-15-17-5-4-8-21(13-17)29-19-6-2-1-3-7-19/h4-5,8-14,19H,1-3,6-7,15-16H2,(H,25,26). The molecular formula is C24H25NO5. The molecule has 30 heavy (non-hydrogen) atoms. The van der Waals surface area contributed by atoms with Gasteiger partial charge in [0.25, 0.3) is 5.91 Å². The molecule has 6 heteroatoms. The van der Waals surface area contributed by atoms with Crippen molar-refractivity contribution in [2.75, 3.05) is 6.61 Å². The van der Waals surface area contributed by atoms with Crippen LogP contribution in [0, 0.1) is 0 Å². The highest BCUT2D eigenvalue weighted by Gasteiger charge is 2.15. The second-order valence-electron chi connectivity index (χ2n) is 7.54. The molecule has 1 aromatic heterocycles. The van der Waals surface area contributed by atoms with Gasteiger partial charge >= 0.3 is 5.63 Å². The average molecular weight is 407 g/mol. The number of amides is 1. The SMILES string of the molecule is O=C(COc1ccc2ccc(=O)oc2c1)NCc1cccc(OC2CCCCC2)c1. The van der Waals surface area contributed by atoms with Gasteiger partial charge in [-0.05, 0) is 61.6 Å². The van der Waals surface area contributed by atoms with E-state index in [1.54, 1.807) is 24.3 Å². The average Bonchev–Trinajstić information content (AvgIpc) is 2.77. The first-order valence-corrected chi connectivity index (χ1v) is 10.3. The third-order valence-corrected chi connectivity index (χ3v) is 5.21. The predicted molar refractivity (Wildman–Crippen MR) is 114 cm³/mol. The summed E-state index contributed by atoms with van der Waals surface area (Å²) in [6.45, 7) is 0.275. The van der Waals surface area contributed by atoms with E-state index in [1.165, 1.54) is 25.3 Å². The first kappa shape index (κ1) is 20.0. The molecule has 1 N–H and O–H groups in total. The molecule has 0 saturated heterocycles. The van der Waals surface area contributed by atoms with Gasteiger partial charge in [-0.3, -0.25) is 4.79 Å². The maximum absolute atomic E-state index is 12.2. The van der Waals surface area contributed by atoms with E-state index in [-0.39, 0.29) is 12.5 Å². The molecule has 0 aliphatic heterocycles. The largest absolute Gasteiger partial charge is 0.490 e. The zero-order valence-electron chi connectivity index (χ0n) is 16.8. The molecule has 0 atom stereocenters. The van der Waals surface area contributed by atoms with Crippen LogP contribution in [-0.2, 0) is 11.3 Å². The summed E-state index contributed by atoms with van der Waals surface area (Å²) in [5.41, 5.74) is 0.978. The maximum atomic E-state index is 12.2. The van der Waals surface area contributed by atoms with E-state index < -0.39 is 5.63 Å². The predicted octanol–water partition coefficient (Wildman–Crippen LogP) is 4.20. The first-order chi connectivity index (χ1) is 14.7. The minimum atomic E-state index is -0.424. The molecule has 3 aromatic rings. The second kappa shape index (κ2) is 9.48. The summed E-state index contributed by atoms with van der Waals surface area (Å²) in [5, 5.41) is 3.65. The Morgan fingerprint density at radius 3 is 2.70 bits per heavy atom. The Balaban J connectivity index is 1.27. The fourth-order valence-electron chi connectivity index (χ4n) is 3.64. The van der Waals surface area contributed by atoms with Gasteiger partial charge in [-0.2, -0.15) is 0 Å². The lowest BCUT2D eigenvalue weighted by molar-refractivity contribution is -0.123. The Morgan fingerprint density at radius 2 is 1.83 bits per heavy atom. The fraction of sp³-hybridized carbons (Fsp3) is 0.333. The highest BCUT2D eigenvalue weighted by Crippen LogP contribution is 2.24. The molecule has 4 rings (SSSR count). The van der Waals surface area contributed by atoms with Gasteiger partial charge in [-0.1, -0.05) is 18.6 Å². The van der Waals surface area contributed by atoms with Gasteiger partial charge < -0.3 is 19.2 Å². The fourth-order valence-corrected chi connectivity index (χ4v) is 3.64. The van der Waals surface area contributed by atoms with E-state index in [4.69, 9.17) is 13.9 Å². The van der Waals surface area contributed by atoms with Crippen molar-refractivity contribution < 1.29 is 18.7 Å². The number of fused-ring (bicyclic) bond motifs is 1. The van der Waals surface area contributed by atoms with Crippen molar-refractivity contribution in [3.05, 3.63) is 70.6 Å². The summed E-state index contributed by atoms with van der Waals surface area (Å²) in [6.07, 6.45) is 6.26. The van der Waals surface area contributed by atoms with Crippen LogP contribution < -0.4 is 20.4 Å². The molecule has 6 nitrogen and oxygen atoms in total. The van der Waals surface area contributed by atoms with Crippen molar-refractivity contribution in [1.82, 2.24) is 5.32 Å². The molecule has 0 radical (unpaired) electrons. The normalized spacial score (nSPS) is 14.4. The molecule has 156 valence electrons. The number of carbonyl (C=O) groups is 1. The summed E-state index contributed by atoms with van der Waals surface area (Å²) in [7, 11) is 0. The van der Waals surface area contributed by atoms with Crippen molar-refractivity contribution in [2.45, 2.75) is 44.8 Å². The molecular weight excluding hydrogens is 382 g/mol. The van der Waals surface area contributed by atoms with Crippen LogP contribution in [0.2, 0.25) is 0 Å². The second-order valence-corrected chi connectivity index (χ2v) is 7.54. The minimum absolute atomic E-state index is 0.124. The van der Waals surface area contributed by atoms with Gasteiger partial charge in [-0.25, -0.2) is 4.79 Å². The molecule has 0 unspecified atom stereocenters. The molecule has 0 bridgehead atoms. The molecule has 0 spiro atoms. The summed E-state index contributed by atoms with van der Waals surface area (Å²) in [6, 6.07) is 16.0. The summed E-state index contributed by atoms with van der Waals surface area (Å²) in [5.74, 6) is 1.08. The van der Waals surface area contributed by atoms with Crippen LogP contribution in [0.1, 0.15) is 37.7 Å². The number of ether oxygens (including phenoxy) is 2. The van der Waals surface area contributed by atoms with Crippen molar-refractivity contribution in [3.8, 4) is 11.5 Å². The van der Waals surface area contributed by atoms with Crippen LogP contribution in [0.15, 0.2) is 63.8 Å². The first-order valence-electron chi connectivity index (χ1n) is 10.3. The summed E-state index contributed by atoms with van der Waals surface area (Å²) < 4.78 is 16.7. The third kappa shape index (κ3) is 5.41. The van der Waals surface area contributed by atoms with E-state index >= 15 is 0 Å². The van der Waals surface area contributed by atoms with Crippen molar-refractivity contribution in [1.29, 1.82) is 0 Å². The molecule has 1 aliphatic rings. The lowest BCUT2D eigenvalue weighted by atomic mass is 9.98. The quantitative estimate of drug-likeness (QED) is 0.594. The van der Waals surface area contributed by atoms with Crippen LogP contribution in [0.3, 0.4) is 0 Å². The van der Waals surface area contributed by atoms with Gasteiger partial charge in [0.1, 0.15) is 17.1 Å². The zero-order valence-corrected chi connectivity index (χ0v) is 16.8. The van der Waals surface area contributed by atoms with E-state index in [1.807, 2.05) is 24.3 Å². The summed E-state index contributed by atoms with van der Waals surface area (Å²) in [4.78, 5) is 23.5. The number of hydrogen-bond acceptors (Lipinski definition) is 5. The highest BCUT2D eigenvalue weighted by atomic mass is 16.5. The number of benzene rings is 2. The highest BCUT2D eigenvalue weighted by molar-refractivity contribution is 5.79. The van der Waals surface area contributed by atoms with E-state index in [0.717, 1.165) is 29.5 Å². The van der Waals surface area contributed by atoms with Crippen LogP contribution >= 0.6 is 0 Å². The monoisotopic (exact) mass is 407 g/mol. The smallest absolute Gasteiger partial charge is 0.336 e. The van der Waals surface area contributed by atoms with Crippen LogP contribution in [0.25, 0.3) is 11.0 Å². The number of nitrogens with one attached hydrogen (secondary N) is 1. The molecule has 1 aliphatic carbocycles. The Bertz CT molecular complexity index is 1070. The Hall–Kier alpha value is -3.28. The van der Waals surface area contributed by atoms with Crippen LogP contribution in [0.5, 0.6) is 11.5 Å². The lowest BCUT2D eigenvalue weighted by Crippen LogP contribution is -2.28. The number of hydrogen-bond donors (Lipinski definition) is 1. The van der Waals surface area contributed by atoms with Gasteiger partial charge in [-0.15, -0.1) is 0 Å². The van der Waals surface area contributed by atoms with Crippen molar-refractivity contribution in [2.24, 2.45) is 0 Å². The van der Waals surface area contributed by atoms with Crippen LogP contribution in [0.4, 0.5) is 0 Å². The van der Waals surface area contributed by atoms with Gasteiger partial charge in [0.05, 0.1) is 6.10 Å². The Kier molecular flexibility index (Phi) is 6.32. The maximum Gasteiger partial charge on any atom is 0.336 e. The van der Waals surface area contributed by atoms with E-state index in [0.29, 0.717) is 24.0 Å². The van der Waals surface area contributed by atoms with Gasteiger partial charge in [0, 0.05) is 24.1 Å². The van der Waals surface area contributed by atoms with Gasteiger partial charge in [0.2, 0.25) is 0 Å². The molecule has 2 aromatic carbocycles. The molecule has 1 heterocycles. The molecule has 1 amide bonds. The number of rotatable bonds is 7. The van der Waals surface area contributed by atoms with Crippen molar-refractivity contribution >= 4 is 16.9 Å². The lowest BCUT2D eigenvalue weighted by Gasteiger charge is -2.23. The molecule has 1 saturated carbocycles. The van der Waals surface area contributed by atoms with Gasteiger partial charge in [0.15, 0.2) is 6.61 Å². The Labute approximate surface area is 174 Å². The van der Waals surface area contributed by atoms with E-state index in [9.17, 15) is 9.59 Å². The number of carbonyl (C=O) groups excluding carboxylic acids is 1. The van der Waals surface area contributed by atoms with E-state index in [2.05, 4.69) is 5.32 Å². The third-order valence-electron chi connectivity index (χ3n) is 5.21. The van der Waals surface area contributed by atoms with Crippen LogP contribution in [-0.4, -0.2) is 18.6 Å². The summed E-state index contributed by atoms with van der Waals surface area (Å²) >= 11 is 0.